The molecule has 0 saturated carbocycles. The second-order valence-corrected chi connectivity index (χ2v) is 8.45. The number of ether oxygens (including phenoxy) is 2. The molecule has 6 nitrogen and oxygen atoms in total. The number of hydrogen-bond acceptors (Lipinski definition) is 6. The van der Waals surface area contributed by atoms with E-state index in [-0.39, 0.29) is 41.4 Å². The summed E-state index contributed by atoms with van der Waals surface area (Å²) in [6, 6.07) is 3.82. The summed E-state index contributed by atoms with van der Waals surface area (Å²) in [5, 5.41) is 21.9. The van der Waals surface area contributed by atoms with E-state index >= 15 is 0 Å². The van der Waals surface area contributed by atoms with Crippen LogP contribution >= 0.6 is 0 Å². The van der Waals surface area contributed by atoms with Crippen LogP contribution in [0.15, 0.2) is 23.3 Å². The Morgan fingerprint density at radius 1 is 1.43 bits per heavy atom. The number of hydrogen-bond donors (Lipinski definition) is 2. The van der Waals surface area contributed by atoms with Crippen molar-refractivity contribution in [2.45, 2.75) is 57.0 Å². The van der Waals surface area contributed by atoms with Gasteiger partial charge in [0.2, 0.25) is 0 Å². The fraction of sp³-hybridized carbons (Fsp3) is 0.545. The molecule has 150 valence electrons. The fourth-order valence-electron chi connectivity index (χ4n) is 5.33. The third-order valence-corrected chi connectivity index (χ3v) is 6.96. The minimum Gasteiger partial charge on any atom is -0.507 e. The lowest BCUT2D eigenvalue weighted by atomic mass is 9.56. The van der Waals surface area contributed by atoms with Crippen LogP contribution < -0.4 is 0 Å². The number of carbonyl (C=O) groups is 2. The van der Waals surface area contributed by atoms with E-state index in [1.807, 2.05) is 19.1 Å². The molecule has 4 atom stereocenters. The number of rotatable bonds is 3. The first-order valence-corrected chi connectivity index (χ1v) is 9.78. The van der Waals surface area contributed by atoms with Crippen LogP contribution in [-0.2, 0) is 24.5 Å². The number of esters is 2. The van der Waals surface area contributed by atoms with Crippen molar-refractivity contribution < 1.29 is 29.3 Å². The van der Waals surface area contributed by atoms with Gasteiger partial charge in [-0.3, -0.25) is 4.79 Å². The van der Waals surface area contributed by atoms with E-state index in [4.69, 9.17) is 9.47 Å². The van der Waals surface area contributed by atoms with Gasteiger partial charge in [-0.1, -0.05) is 26.0 Å². The zero-order valence-corrected chi connectivity index (χ0v) is 16.4. The molecular formula is C22H26O6. The van der Waals surface area contributed by atoms with E-state index in [1.165, 1.54) is 7.11 Å². The van der Waals surface area contributed by atoms with E-state index in [2.05, 4.69) is 6.92 Å². The first-order chi connectivity index (χ1) is 13.3. The van der Waals surface area contributed by atoms with Crippen molar-refractivity contribution in [2.24, 2.45) is 5.92 Å². The third kappa shape index (κ3) is 2.65. The molecule has 0 bridgehead atoms. The van der Waals surface area contributed by atoms with Crippen molar-refractivity contribution in [3.63, 3.8) is 0 Å². The minimum absolute atomic E-state index is 0.0166. The molecular weight excluding hydrogens is 360 g/mol. The summed E-state index contributed by atoms with van der Waals surface area (Å²) in [6.07, 6.45) is 1.19. The van der Waals surface area contributed by atoms with Crippen LogP contribution in [0.2, 0.25) is 0 Å². The van der Waals surface area contributed by atoms with Crippen molar-refractivity contribution >= 4 is 11.9 Å². The van der Waals surface area contributed by atoms with Crippen LogP contribution in [0.3, 0.4) is 0 Å². The summed E-state index contributed by atoms with van der Waals surface area (Å²) in [4.78, 5) is 23.6. The lowest BCUT2D eigenvalue weighted by molar-refractivity contribution is -0.141. The number of aliphatic hydroxyl groups excluding tert-OH is 1. The number of phenolic OH excluding ortho intramolecular Hbond substituents is 1. The van der Waals surface area contributed by atoms with E-state index in [0.29, 0.717) is 30.6 Å². The minimum atomic E-state index is -0.832. The number of benzene rings is 1. The Morgan fingerprint density at radius 3 is 2.89 bits per heavy atom. The van der Waals surface area contributed by atoms with Crippen LogP contribution in [0.5, 0.6) is 5.75 Å². The average molecular weight is 386 g/mol. The molecule has 0 fully saturated rings. The van der Waals surface area contributed by atoms with Gasteiger partial charge in [0.15, 0.2) is 0 Å². The lowest BCUT2D eigenvalue weighted by Crippen LogP contribution is -2.42. The monoisotopic (exact) mass is 386 g/mol. The maximum Gasteiger partial charge on any atom is 0.334 e. The third-order valence-electron chi connectivity index (χ3n) is 6.96. The van der Waals surface area contributed by atoms with Gasteiger partial charge in [0.05, 0.1) is 19.6 Å². The lowest BCUT2D eigenvalue weighted by Gasteiger charge is -2.48. The van der Waals surface area contributed by atoms with Crippen molar-refractivity contribution in [3.05, 3.63) is 40.0 Å². The summed E-state index contributed by atoms with van der Waals surface area (Å²) >= 11 is 0. The van der Waals surface area contributed by atoms with Gasteiger partial charge in [0.25, 0.3) is 0 Å². The molecule has 1 heterocycles. The van der Waals surface area contributed by atoms with Crippen molar-refractivity contribution in [3.8, 4) is 5.75 Å². The molecule has 3 aliphatic rings. The molecule has 2 aliphatic carbocycles. The molecule has 2 N–H and O–H groups in total. The largest absolute Gasteiger partial charge is 0.507 e. The van der Waals surface area contributed by atoms with E-state index < -0.39 is 6.10 Å². The molecule has 28 heavy (non-hydrogen) atoms. The van der Waals surface area contributed by atoms with E-state index in [1.54, 1.807) is 0 Å². The quantitative estimate of drug-likeness (QED) is 0.776. The number of aromatic hydroxyl groups is 1. The molecule has 6 heteroatoms. The van der Waals surface area contributed by atoms with Gasteiger partial charge in [-0.25, -0.2) is 4.79 Å². The Morgan fingerprint density at radius 2 is 2.18 bits per heavy atom. The predicted molar refractivity (Wildman–Crippen MR) is 101 cm³/mol. The Balaban J connectivity index is 1.77. The van der Waals surface area contributed by atoms with Crippen LogP contribution in [0.1, 0.15) is 68.2 Å². The Labute approximate surface area is 164 Å². The Hall–Kier alpha value is -2.34. The maximum atomic E-state index is 12.0. The van der Waals surface area contributed by atoms with Gasteiger partial charge in [-0.2, -0.15) is 0 Å². The standard InChI is InChI=1S/C22H26O6/c1-11(8-18(24)27-3)12-4-5-15-19(20(12)25)17(23)9-16-14-10-28-21(26)13(14)6-7-22(15,16)2/h4-5,11,16-17,23,25H,6-10H2,1-3H3. The molecule has 4 rings (SSSR count). The molecule has 1 aromatic carbocycles. The van der Waals surface area contributed by atoms with Crippen LogP contribution in [0, 0.1) is 5.92 Å². The van der Waals surface area contributed by atoms with Gasteiger partial charge in [-0.05, 0) is 47.8 Å². The highest BCUT2D eigenvalue weighted by Gasteiger charge is 2.51. The summed E-state index contributed by atoms with van der Waals surface area (Å²) in [6.45, 7) is 4.31. The highest BCUT2D eigenvalue weighted by Crippen LogP contribution is 2.57. The number of aliphatic hydroxyl groups is 1. The first kappa shape index (κ1) is 19.0. The molecule has 0 spiro atoms. The topological polar surface area (TPSA) is 93.1 Å². The highest BCUT2D eigenvalue weighted by atomic mass is 16.5. The number of cyclic esters (lactones) is 1. The Bertz CT molecular complexity index is 885. The zero-order chi connectivity index (χ0) is 20.2. The van der Waals surface area contributed by atoms with Gasteiger partial charge in [0, 0.05) is 16.6 Å². The van der Waals surface area contributed by atoms with Crippen molar-refractivity contribution in [1.82, 2.24) is 0 Å². The summed E-state index contributed by atoms with van der Waals surface area (Å²) in [5.41, 5.74) is 3.62. The maximum absolute atomic E-state index is 12.0. The summed E-state index contributed by atoms with van der Waals surface area (Å²) < 4.78 is 9.99. The van der Waals surface area contributed by atoms with Gasteiger partial charge >= 0.3 is 11.9 Å². The van der Waals surface area contributed by atoms with Gasteiger partial charge < -0.3 is 19.7 Å². The molecule has 0 amide bonds. The van der Waals surface area contributed by atoms with Crippen molar-refractivity contribution in [1.29, 1.82) is 0 Å². The van der Waals surface area contributed by atoms with Gasteiger partial charge in [-0.15, -0.1) is 0 Å². The summed E-state index contributed by atoms with van der Waals surface area (Å²) in [7, 11) is 1.34. The van der Waals surface area contributed by atoms with Crippen LogP contribution in [-0.4, -0.2) is 35.9 Å². The van der Waals surface area contributed by atoms with E-state index in [0.717, 1.165) is 23.1 Å². The predicted octanol–water partition coefficient (Wildman–Crippen LogP) is 3.02. The summed E-state index contributed by atoms with van der Waals surface area (Å²) in [5.74, 6) is -0.707. The molecule has 1 aliphatic heterocycles. The normalized spacial score (nSPS) is 29.5. The second kappa shape index (κ2) is 6.62. The first-order valence-electron chi connectivity index (χ1n) is 9.78. The number of fused-ring (bicyclic) bond motifs is 4. The fourth-order valence-corrected chi connectivity index (χ4v) is 5.33. The molecule has 0 aromatic heterocycles. The molecule has 4 unspecified atom stereocenters. The van der Waals surface area contributed by atoms with Crippen molar-refractivity contribution in [2.75, 3.05) is 13.7 Å². The Kier molecular flexibility index (Phi) is 4.49. The van der Waals surface area contributed by atoms with Gasteiger partial charge in [0.1, 0.15) is 12.4 Å². The zero-order valence-electron chi connectivity index (χ0n) is 16.4. The molecule has 1 aromatic rings. The number of methoxy groups -OCH3 is 1. The van der Waals surface area contributed by atoms with Crippen LogP contribution in [0.25, 0.3) is 0 Å². The SMILES string of the molecule is COC(=O)CC(C)c1ccc2c(c1O)C(O)CC1C3=C(CCC21C)C(=O)OC3. The van der Waals surface area contributed by atoms with Crippen LogP contribution in [0.4, 0.5) is 0 Å². The molecule has 0 radical (unpaired) electrons. The average Bonchev–Trinajstić information content (AvgIpc) is 3.03. The number of phenols is 1. The smallest absolute Gasteiger partial charge is 0.334 e. The van der Waals surface area contributed by atoms with E-state index in [9.17, 15) is 19.8 Å². The highest BCUT2D eigenvalue weighted by molar-refractivity contribution is 5.92. The number of carbonyl (C=O) groups excluding carboxylic acids is 2. The second-order valence-electron chi connectivity index (χ2n) is 8.45. The molecule has 0 saturated heterocycles.